The van der Waals surface area contributed by atoms with Gasteiger partial charge in [-0.1, -0.05) is 34.8 Å². The lowest BCUT2D eigenvalue weighted by atomic mass is 9.98. The average molecular weight is 525 g/mol. The van der Waals surface area contributed by atoms with Crippen molar-refractivity contribution in [2.45, 2.75) is 48.3 Å². The van der Waals surface area contributed by atoms with E-state index in [1.54, 1.807) is 0 Å². The molecule has 0 bridgehead atoms. The molecule has 0 aliphatic carbocycles. The number of rotatable bonds is 6. The second-order valence-electron chi connectivity index (χ2n) is 5.94. The van der Waals surface area contributed by atoms with Gasteiger partial charge in [-0.3, -0.25) is 15.0 Å². The monoisotopic (exact) mass is 523 g/mol. The Morgan fingerprint density at radius 1 is 0.844 bits per heavy atom. The first-order valence-corrected chi connectivity index (χ1v) is 9.71. The van der Waals surface area contributed by atoms with E-state index in [1.807, 2.05) is 0 Å². The van der Waals surface area contributed by atoms with Crippen molar-refractivity contribution in [3.63, 3.8) is 0 Å². The van der Waals surface area contributed by atoms with Gasteiger partial charge < -0.3 is 37.9 Å². The zero-order chi connectivity index (χ0) is 24.6. The maximum Gasteiger partial charge on any atom is 0.508 e. The van der Waals surface area contributed by atoms with Crippen molar-refractivity contribution in [3.8, 4) is 0 Å². The molecule has 0 saturated carbocycles. The number of esters is 2. The molecule has 32 heavy (non-hydrogen) atoms. The molecule has 0 radical (unpaired) electrons. The van der Waals surface area contributed by atoms with Crippen LogP contribution in [0.1, 0.15) is 13.8 Å². The van der Waals surface area contributed by atoms with Crippen LogP contribution in [0, 0.1) is 5.41 Å². The van der Waals surface area contributed by atoms with Crippen molar-refractivity contribution >= 4 is 64.9 Å². The molecule has 1 aliphatic heterocycles. The van der Waals surface area contributed by atoms with Crippen LogP contribution >= 0.6 is 34.8 Å². The molecular formula is C16H20Cl3NO12. The molecule has 5 atom stereocenters. The van der Waals surface area contributed by atoms with Crippen molar-refractivity contribution < 1.29 is 57.1 Å². The van der Waals surface area contributed by atoms with E-state index in [-0.39, 0.29) is 0 Å². The van der Waals surface area contributed by atoms with Gasteiger partial charge in [0.15, 0.2) is 12.2 Å². The zero-order valence-corrected chi connectivity index (χ0v) is 19.4. The van der Waals surface area contributed by atoms with Gasteiger partial charge in [0.25, 0.3) is 3.79 Å². The molecule has 0 spiro atoms. The predicted octanol–water partition coefficient (Wildman–Crippen LogP) is 1.87. The number of carbonyl (C=O) groups is 4. The van der Waals surface area contributed by atoms with Crippen molar-refractivity contribution in [2.24, 2.45) is 0 Å². The first kappa shape index (κ1) is 27.8. The van der Waals surface area contributed by atoms with Gasteiger partial charge in [-0.25, -0.2) is 9.59 Å². The molecule has 0 aromatic heterocycles. The molecule has 1 aliphatic rings. The molecule has 0 aromatic carbocycles. The molecule has 1 saturated heterocycles. The lowest BCUT2D eigenvalue weighted by Crippen LogP contribution is -2.63. The highest BCUT2D eigenvalue weighted by molar-refractivity contribution is 6.76. The summed E-state index contributed by atoms with van der Waals surface area (Å²) < 4.78 is 37.4. The SMILES string of the molecule is COC(=O)O[C@@H]1[C@@H](OC(=O)OC)[C@@H](OC(=N)C(Cl)(Cl)Cl)O[C@H](COC(C)=O)[C@H]1OC(C)=O. The molecule has 0 aromatic rings. The van der Waals surface area contributed by atoms with Gasteiger partial charge in [0, 0.05) is 13.8 Å². The summed E-state index contributed by atoms with van der Waals surface area (Å²) in [7, 11) is 1.97. The topological polar surface area (TPSA) is 166 Å². The van der Waals surface area contributed by atoms with Gasteiger partial charge in [-0.2, -0.15) is 0 Å². The summed E-state index contributed by atoms with van der Waals surface area (Å²) in [5.74, 6) is -2.53. The molecule has 1 heterocycles. The zero-order valence-electron chi connectivity index (χ0n) is 17.1. The van der Waals surface area contributed by atoms with Crippen LogP contribution in [0.5, 0.6) is 0 Å². The van der Waals surface area contributed by atoms with Crippen LogP contribution in [0.3, 0.4) is 0 Å². The Labute approximate surface area is 196 Å². The minimum atomic E-state index is -2.35. The van der Waals surface area contributed by atoms with Crippen LogP contribution in [0.25, 0.3) is 0 Å². The molecule has 1 rings (SSSR count). The fraction of sp³-hybridized carbons (Fsp3) is 0.688. The molecule has 182 valence electrons. The summed E-state index contributed by atoms with van der Waals surface area (Å²) in [6.07, 6.45) is -10.6. The van der Waals surface area contributed by atoms with Crippen molar-refractivity contribution in [1.82, 2.24) is 0 Å². The predicted molar refractivity (Wildman–Crippen MR) is 105 cm³/mol. The lowest BCUT2D eigenvalue weighted by Gasteiger charge is -2.43. The fourth-order valence-corrected chi connectivity index (χ4v) is 2.54. The van der Waals surface area contributed by atoms with Crippen molar-refractivity contribution in [3.05, 3.63) is 0 Å². The van der Waals surface area contributed by atoms with Gasteiger partial charge in [-0.05, 0) is 0 Å². The van der Waals surface area contributed by atoms with E-state index in [0.717, 1.165) is 28.1 Å². The molecule has 13 nitrogen and oxygen atoms in total. The average Bonchev–Trinajstić information content (AvgIpc) is 2.69. The number of hydrogen-bond donors (Lipinski definition) is 1. The molecule has 1 N–H and O–H groups in total. The Balaban J connectivity index is 3.44. The third-order valence-electron chi connectivity index (χ3n) is 3.63. The van der Waals surface area contributed by atoms with Gasteiger partial charge >= 0.3 is 24.2 Å². The van der Waals surface area contributed by atoms with Crippen molar-refractivity contribution in [2.75, 3.05) is 20.8 Å². The summed E-state index contributed by atoms with van der Waals surface area (Å²) in [6, 6.07) is 0. The summed E-state index contributed by atoms with van der Waals surface area (Å²) >= 11 is 16.8. The molecule has 0 amide bonds. The van der Waals surface area contributed by atoms with Gasteiger partial charge in [0.2, 0.25) is 18.3 Å². The van der Waals surface area contributed by atoms with Crippen LogP contribution in [0.15, 0.2) is 0 Å². The highest BCUT2D eigenvalue weighted by Crippen LogP contribution is 2.33. The minimum absolute atomic E-state index is 0.528. The summed E-state index contributed by atoms with van der Waals surface area (Å²) in [6.45, 7) is 1.61. The molecule has 1 fully saturated rings. The largest absolute Gasteiger partial charge is 0.508 e. The summed E-state index contributed by atoms with van der Waals surface area (Å²) in [5.41, 5.74) is 0. The first-order valence-electron chi connectivity index (χ1n) is 8.57. The summed E-state index contributed by atoms with van der Waals surface area (Å²) in [4.78, 5) is 46.6. The van der Waals surface area contributed by atoms with E-state index in [4.69, 9.17) is 68.6 Å². The van der Waals surface area contributed by atoms with Crippen LogP contribution in [-0.2, 0) is 47.5 Å². The fourth-order valence-electron chi connectivity index (χ4n) is 2.40. The number of carbonyl (C=O) groups excluding carboxylic acids is 4. The number of alkyl halides is 3. The quantitative estimate of drug-likeness (QED) is 0.176. The van der Waals surface area contributed by atoms with E-state index in [2.05, 4.69) is 9.47 Å². The normalized spacial score (nSPS) is 25.0. The maximum atomic E-state index is 11.8. The Bertz CT molecular complexity index is 728. The van der Waals surface area contributed by atoms with Gasteiger partial charge in [0.05, 0.1) is 14.2 Å². The lowest BCUT2D eigenvalue weighted by molar-refractivity contribution is -0.287. The van der Waals surface area contributed by atoms with E-state index in [0.29, 0.717) is 0 Å². The number of nitrogens with one attached hydrogen (secondary N) is 1. The van der Waals surface area contributed by atoms with Crippen molar-refractivity contribution in [1.29, 1.82) is 5.41 Å². The van der Waals surface area contributed by atoms with Gasteiger partial charge in [-0.15, -0.1) is 0 Å². The van der Waals surface area contributed by atoms with E-state index < -0.39 is 71.3 Å². The van der Waals surface area contributed by atoms with E-state index in [1.165, 1.54) is 0 Å². The Morgan fingerprint density at radius 3 is 1.81 bits per heavy atom. The Morgan fingerprint density at radius 2 is 1.38 bits per heavy atom. The van der Waals surface area contributed by atoms with Crippen LogP contribution in [0.2, 0.25) is 0 Å². The number of methoxy groups -OCH3 is 2. The second kappa shape index (κ2) is 12.1. The molecule has 0 unspecified atom stereocenters. The smallest absolute Gasteiger partial charge is 0.463 e. The van der Waals surface area contributed by atoms with Crippen LogP contribution in [0.4, 0.5) is 9.59 Å². The number of hydrogen-bond acceptors (Lipinski definition) is 13. The molecule has 16 heteroatoms. The Hall–Kier alpha value is -2.22. The van der Waals surface area contributed by atoms with E-state index >= 15 is 0 Å². The van der Waals surface area contributed by atoms with Gasteiger partial charge in [0.1, 0.15) is 12.7 Å². The molecular weight excluding hydrogens is 505 g/mol. The highest BCUT2D eigenvalue weighted by atomic mass is 35.6. The maximum absolute atomic E-state index is 11.8. The first-order chi connectivity index (χ1) is 14.8. The number of ether oxygens (including phenoxy) is 8. The van der Waals surface area contributed by atoms with Crippen LogP contribution in [-0.4, -0.2) is 85.5 Å². The summed E-state index contributed by atoms with van der Waals surface area (Å²) in [5, 5.41) is 7.76. The Kier molecular flexibility index (Phi) is 10.5. The van der Waals surface area contributed by atoms with Crippen LogP contribution < -0.4 is 0 Å². The second-order valence-corrected chi connectivity index (χ2v) is 8.22. The minimum Gasteiger partial charge on any atom is -0.463 e. The van der Waals surface area contributed by atoms with E-state index in [9.17, 15) is 19.2 Å². The third kappa shape index (κ3) is 8.37. The highest BCUT2D eigenvalue weighted by Gasteiger charge is 2.55. The third-order valence-corrected chi connectivity index (χ3v) is 4.15. The number of halogens is 3. The standard InChI is InChI=1S/C16H20Cl3NO12/c1-6(21)27-5-8-9(28-7(2)22)10(30-14(23)25-3)11(31-15(24)26-4)12(29-8)32-13(20)16(17,18)19/h8-12,20H,5H2,1-4H3/t8-,9-,10+,11-,12-/m1/s1.